The fourth-order valence-electron chi connectivity index (χ4n) is 4.50. The van der Waals surface area contributed by atoms with Gasteiger partial charge in [-0.05, 0) is 30.2 Å². The van der Waals surface area contributed by atoms with Crippen LogP contribution in [0.5, 0.6) is 5.75 Å². The Hall–Kier alpha value is -2.82. The molecule has 3 atom stereocenters. The number of hydroxylamine groups is 2. The average Bonchev–Trinajstić information content (AvgIpc) is 3.26. The maximum atomic E-state index is 9.23. The molecule has 5 rings (SSSR count). The quantitative estimate of drug-likeness (QED) is 0.807. The van der Waals surface area contributed by atoms with Crippen molar-refractivity contribution < 1.29 is 14.3 Å². The summed E-state index contributed by atoms with van der Waals surface area (Å²) < 4.78 is 12.0. The van der Waals surface area contributed by atoms with E-state index in [4.69, 9.17) is 25.0 Å². The van der Waals surface area contributed by atoms with Crippen LogP contribution in [0.15, 0.2) is 47.0 Å². The van der Waals surface area contributed by atoms with E-state index < -0.39 is 11.3 Å². The van der Waals surface area contributed by atoms with Gasteiger partial charge in [0.05, 0.1) is 24.8 Å². The number of aliphatic imine (C=N–C) groups is 1. The highest BCUT2D eigenvalue weighted by Gasteiger charge is 2.56. The number of nitrogens with zero attached hydrogens (tertiary/aromatic N) is 3. The Kier molecular flexibility index (Phi) is 3.76. The Balaban J connectivity index is 1.60. The molecular formula is C21H22N4O3. The standard InChI is InChI=1S/C21H22N4O3/c1-25-19(23)24-21(28-25)12-20(7-8-26-13-20)27-18-6-5-16(10-17(18)21)15-4-2-3-14(9-15)11-22/h2-3,5-6,9-10,15H,4,7-8,12-13H2,1H3,(H2,23,24). The van der Waals surface area contributed by atoms with E-state index in [0.29, 0.717) is 31.2 Å². The molecule has 0 bridgehead atoms. The lowest BCUT2D eigenvalue weighted by molar-refractivity contribution is -0.203. The van der Waals surface area contributed by atoms with Gasteiger partial charge >= 0.3 is 0 Å². The first kappa shape index (κ1) is 17.3. The van der Waals surface area contributed by atoms with E-state index in [-0.39, 0.29) is 5.92 Å². The number of hydrogen-bond donors (Lipinski definition) is 1. The van der Waals surface area contributed by atoms with E-state index >= 15 is 0 Å². The Morgan fingerprint density at radius 2 is 2.29 bits per heavy atom. The molecule has 1 aromatic rings. The largest absolute Gasteiger partial charge is 0.484 e. The minimum atomic E-state index is -0.914. The average molecular weight is 378 g/mol. The Bertz CT molecular complexity index is 955. The smallest absolute Gasteiger partial charge is 0.222 e. The summed E-state index contributed by atoms with van der Waals surface area (Å²) in [7, 11) is 1.76. The summed E-state index contributed by atoms with van der Waals surface area (Å²) in [4.78, 5) is 10.9. The van der Waals surface area contributed by atoms with Crippen molar-refractivity contribution in [2.75, 3.05) is 20.3 Å². The second-order valence-electron chi connectivity index (χ2n) is 7.84. The molecule has 7 nitrogen and oxygen atoms in total. The molecule has 2 spiro atoms. The Labute approximate surface area is 163 Å². The van der Waals surface area contributed by atoms with Crippen molar-refractivity contribution in [1.29, 1.82) is 5.26 Å². The van der Waals surface area contributed by atoms with Crippen LogP contribution >= 0.6 is 0 Å². The number of nitrogens with two attached hydrogens (primary N) is 1. The van der Waals surface area contributed by atoms with E-state index in [9.17, 15) is 5.26 Å². The molecule has 144 valence electrons. The predicted molar refractivity (Wildman–Crippen MR) is 102 cm³/mol. The summed E-state index contributed by atoms with van der Waals surface area (Å²) in [5, 5.41) is 10.7. The van der Waals surface area contributed by atoms with Gasteiger partial charge in [0, 0.05) is 31.4 Å². The van der Waals surface area contributed by atoms with E-state index in [2.05, 4.69) is 18.2 Å². The molecule has 7 heteroatoms. The van der Waals surface area contributed by atoms with Crippen LogP contribution in [0.4, 0.5) is 0 Å². The lowest BCUT2D eigenvalue weighted by atomic mass is 9.81. The topological polar surface area (TPSA) is 93.1 Å². The van der Waals surface area contributed by atoms with Gasteiger partial charge in [0.2, 0.25) is 11.7 Å². The molecule has 3 unspecified atom stereocenters. The molecule has 0 saturated carbocycles. The van der Waals surface area contributed by atoms with Gasteiger partial charge in [0.25, 0.3) is 0 Å². The summed E-state index contributed by atoms with van der Waals surface area (Å²) in [6.07, 6.45) is 8.09. The van der Waals surface area contributed by atoms with Crippen molar-refractivity contribution in [2.24, 2.45) is 10.7 Å². The van der Waals surface area contributed by atoms with Crippen LogP contribution in [0.3, 0.4) is 0 Å². The molecule has 3 heterocycles. The monoisotopic (exact) mass is 378 g/mol. The highest BCUT2D eigenvalue weighted by molar-refractivity contribution is 5.79. The van der Waals surface area contributed by atoms with Crippen molar-refractivity contribution in [3.63, 3.8) is 0 Å². The summed E-state index contributed by atoms with van der Waals surface area (Å²) in [6, 6.07) is 8.35. The van der Waals surface area contributed by atoms with Crippen molar-refractivity contribution in [3.8, 4) is 11.8 Å². The van der Waals surface area contributed by atoms with Gasteiger partial charge in [-0.2, -0.15) is 5.26 Å². The van der Waals surface area contributed by atoms with Crippen LogP contribution in [-0.2, 0) is 15.3 Å². The van der Waals surface area contributed by atoms with Gasteiger partial charge in [-0.15, -0.1) is 0 Å². The second kappa shape index (κ2) is 6.09. The SMILES string of the molecule is CN1OC2(CC3(CCOC3)Oc3ccc(C4C=C(C#N)C=CC4)cc32)N=C1N. The zero-order valence-electron chi connectivity index (χ0n) is 15.7. The first-order valence-electron chi connectivity index (χ1n) is 9.50. The highest BCUT2D eigenvalue weighted by atomic mass is 16.7. The Morgan fingerprint density at radius 3 is 3.00 bits per heavy atom. The molecule has 1 aromatic carbocycles. The van der Waals surface area contributed by atoms with Crippen LogP contribution in [0.2, 0.25) is 0 Å². The molecular weight excluding hydrogens is 356 g/mol. The molecule has 28 heavy (non-hydrogen) atoms. The number of hydrogen-bond acceptors (Lipinski definition) is 7. The summed E-state index contributed by atoms with van der Waals surface area (Å²) in [5.41, 5.74) is 7.36. The minimum absolute atomic E-state index is 0.133. The van der Waals surface area contributed by atoms with E-state index in [0.717, 1.165) is 29.7 Å². The maximum Gasteiger partial charge on any atom is 0.222 e. The number of guanidine groups is 1. The number of benzene rings is 1. The predicted octanol–water partition coefficient (Wildman–Crippen LogP) is 2.47. The highest BCUT2D eigenvalue weighted by Crippen LogP contribution is 2.52. The first-order valence-corrected chi connectivity index (χ1v) is 9.50. The summed E-state index contributed by atoms with van der Waals surface area (Å²) in [6.45, 7) is 1.18. The van der Waals surface area contributed by atoms with E-state index in [1.165, 1.54) is 5.06 Å². The molecule has 2 N–H and O–H groups in total. The lowest BCUT2D eigenvalue weighted by Gasteiger charge is -2.42. The van der Waals surface area contributed by atoms with E-state index in [1.54, 1.807) is 7.05 Å². The normalized spacial score (nSPS) is 33.4. The summed E-state index contributed by atoms with van der Waals surface area (Å²) in [5.74, 6) is 1.23. The molecule has 4 aliphatic rings. The van der Waals surface area contributed by atoms with Gasteiger partial charge in [-0.3, -0.25) is 0 Å². The third-order valence-corrected chi connectivity index (χ3v) is 5.91. The fourth-order valence-corrected chi connectivity index (χ4v) is 4.50. The number of rotatable bonds is 1. The molecule has 0 aromatic heterocycles. The van der Waals surface area contributed by atoms with Crippen LogP contribution < -0.4 is 10.5 Å². The number of ether oxygens (including phenoxy) is 2. The molecule has 1 fully saturated rings. The molecule has 0 radical (unpaired) electrons. The molecule has 3 aliphatic heterocycles. The third-order valence-electron chi connectivity index (χ3n) is 5.91. The molecule has 1 aliphatic carbocycles. The zero-order valence-corrected chi connectivity index (χ0v) is 15.7. The van der Waals surface area contributed by atoms with Gasteiger partial charge in [-0.25, -0.2) is 14.9 Å². The van der Waals surface area contributed by atoms with Crippen molar-refractivity contribution in [2.45, 2.75) is 36.5 Å². The minimum Gasteiger partial charge on any atom is -0.484 e. The maximum absolute atomic E-state index is 9.23. The van der Waals surface area contributed by atoms with Gasteiger partial charge < -0.3 is 15.2 Å². The van der Waals surface area contributed by atoms with Gasteiger partial charge in [-0.1, -0.05) is 18.2 Å². The lowest BCUT2D eigenvalue weighted by Crippen LogP contribution is -2.49. The van der Waals surface area contributed by atoms with Crippen LogP contribution in [-0.4, -0.2) is 36.9 Å². The molecule has 1 saturated heterocycles. The van der Waals surface area contributed by atoms with Gasteiger partial charge in [0.15, 0.2) is 0 Å². The van der Waals surface area contributed by atoms with Crippen molar-refractivity contribution >= 4 is 5.96 Å². The Morgan fingerprint density at radius 1 is 1.39 bits per heavy atom. The fraction of sp³-hybridized carbons (Fsp3) is 0.429. The van der Waals surface area contributed by atoms with Crippen molar-refractivity contribution in [3.05, 3.63) is 53.1 Å². The van der Waals surface area contributed by atoms with Gasteiger partial charge in [0.1, 0.15) is 11.4 Å². The van der Waals surface area contributed by atoms with E-state index in [1.807, 2.05) is 24.3 Å². The number of allylic oxidation sites excluding steroid dienone is 4. The number of fused-ring (bicyclic) bond motifs is 2. The van der Waals surface area contributed by atoms with Crippen LogP contribution in [0.25, 0.3) is 0 Å². The van der Waals surface area contributed by atoms with Crippen LogP contribution in [0, 0.1) is 11.3 Å². The zero-order chi connectivity index (χ0) is 19.4. The van der Waals surface area contributed by atoms with Crippen LogP contribution in [0.1, 0.15) is 36.3 Å². The molecule has 0 amide bonds. The third kappa shape index (κ3) is 2.60. The summed E-state index contributed by atoms with van der Waals surface area (Å²) >= 11 is 0. The van der Waals surface area contributed by atoms with Crippen molar-refractivity contribution in [1.82, 2.24) is 5.06 Å². The number of nitriles is 1. The second-order valence-corrected chi connectivity index (χ2v) is 7.84. The first-order chi connectivity index (χ1) is 13.5.